The molecule has 7 atom stereocenters. The lowest BCUT2D eigenvalue weighted by Crippen LogP contribution is -2.59. The van der Waals surface area contributed by atoms with E-state index < -0.39 is 28.8 Å². The molecule has 27 heavy (non-hydrogen) atoms. The van der Waals surface area contributed by atoms with Crippen LogP contribution < -0.4 is 0 Å². The first-order chi connectivity index (χ1) is 12.6. The van der Waals surface area contributed by atoms with Crippen molar-refractivity contribution in [2.75, 3.05) is 6.61 Å². The van der Waals surface area contributed by atoms with Crippen molar-refractivity contribution in [3.8, 4) is 0 Å². The van der Waals surface area contributed by atoms with Crippen molar-refractivity contribution in [1.82, 2.24) is 0 Å². The molecule has 0 radical (unpaired) electrons. The van der Waals surface area contributed by atoms with Crippen molar-refractivity contribution in [3.05, 3.63) is 23.5 Å². The summed E-state index contributed by atoms with van der Waals surface area (Å²) in [7, 11) is 0. The Morgan fingerprint density at radius 1 is 1.19 bits per heavy atom. The molecule has 4 rings (SSSR count). The maximum absolute atomic E-state index is 13.0. The Hall–Kier alpha value is -1.46. The molecule has 0 amide bonds. The van der Waals surface area contributed by atoms with Crippen molar-refractivity contribution in [2.24, 2.45) is 34.5 Å². The molecular formula is C22H30O5. The number of hydrogen-bond donors (Lipinski definition) is 3. The summed E-state index contributed by atoms with van der Waals surface area (Å²) in [5.41, 5.74) is -1.61. The topological polar surface area (TPSA) is 94.8 Å². The highest BCUT2D eigenvalue weighted by atomic mass is 16.3. The van der Waals surface area contributed by atoms with Crippen molar-refractivity contribution >= 4 is 11.6 Å². The lowest BCUT2D eigenvalue weighted by Gasteiger charge is -2.59. The Balaban J connectivity index is 1.75. The Bertz CT molecular complexity index is 767. The van der Waals surface area contributed by atoms with Gasteiger partial charge in [0.2, 0.25) is 0 Å². The lowest BCUT2D eigenvalue weighted by molar-refractivity contribution is -0.166. The van der Waals surface area contributed by atoms with Crippen molar-refractivity contribution in [2.45, 2.75) is 58.5 Å². The van der Waals surface area contributed by atoms with E-state index in [2.05, 4.69) is 6.92 Å². The molecule has 0 aliphatic heterocycles. The van der Waals surface area contributed by atoms with Crippen molar-refractivity contribution in [1.29, 1.82) is 0 Å². The summed E-state index contributed by atoms with van der Waals surface area (Å²) in [6, 6.07) is 0. The van der Waals surface area contributed by atoms with E-state index in [0.29, 0.717) is 12.8 Å². The van der Waals surface area contributed by atoms with Crippen LogP contribution in [0.25, 0.3) is 0 Å². The number of carbonyl (C=O) groups excluding carboxylic acids is 2. The standard InChI is InChI=1S/C22H30O5/c1-12-8-14-15-5-7-22(27,19(26)11-23)20(15,2)6-4-16(14)21(3)17(12)9-13(24)10-18(21)25/h9-10,12,14-16,23-24,27H,4-8,11H2,1-3H3/t12-,14-,15-,16-,20-,21+,22-/m0/s1. The highest BCUT2D eigenvalue weighted by molar-refractivity contribution is 5.99. The molecule has 0 aromatic rings. The van der Waals surface area contributed by atoms with Gasteiger partial charge in [0.15, 0.2) is 11.6 Å². The van der Waals surface area contributed by atoms with E-state index in [9.17, 15) is 24.9 Å². The fraction of sp³-hybridized carbons (Fsp3) is 0.727. The number of carbonyl (C=O) groups is 2. The van der Waals surface area contributed by atoms with E-state index in [-0.39, 0.29) is 35.2 Å². The number of ketones is 2. The Morgan fingerprint density at radius 3 is 2.52 bits per heavy atom. The maximum Gasteiger partial charge on any atom is 0.190 e. The molecule has 3 fully saturated rings. The first kappa shape index (κ1) is 18.9. The number of aliphatic hydroxyl groups excluding tert-OH is 2. The summed E-state index contributed by atoms with van der Waals surface area (Å²) < 4.78 is 0. The zero-order chi connectivity index (χ0) is 19.8. The van der Waals surface area contributed by atoms with Crippen LogP contribution in [0.5, 0.6) is 0 Å². The number of allylic oxidation sites excluding steroid dienone is 3. The van der Waals surface area contributed by atoms with Gasteiger partial charge in [-0.05, 0) is 74.3 Å². The Kier molecular flexibility index (Phi) is 4.04. The molecular weight excluding hydrogens is 344 g/mol. The summed E-state index contributed by atoms with van der Waals surface area (Å²) in [4.78, 5) is 25.4. The van der Waals surface area contributed by atoms with Crippen LogP contribution in [0, 0.1) is 34.5 Å². The zero-order valence-corrected chi connectivity index (χ0v) is 16.4. The second-order valence-corrected chi connectivity index (χ2v) is 9.69. The van der Waals surface area contributed by atoms with Crippen LogP contribution in [0.15, 0.2) is 23.5 Å². The summed E-state index contributed by atoms with van der Waals surface area (Å²) in [6.45, 7) is 5.50. The number of fused-ring (bicyclic) bond motifs is 5. The third-order valence-electron chi connectivity index (χ3n) is 8.79. The van der Waals surface area contributed by atoms with Crippen LogP contribution in [0.4, 0.5) is 0 Å². The number of aliphatic hydroxyl groups is 3. The van der Waals surface area contributed by atoms with E-state index >= 15 is 0 Å². The van der Waals surface area contributed by atoms with Crippen molar-refractivity contribution < 1.29 is 24.9 Å². The highest BCUT2D eigenvalue weighted by Crippen LogP contribution is 2.67. The minimum atomic E-state index is -1.47. The van der Waals surface area contributed by atoms with E-state index in [4.69, 9.17) is 0 Å². The minimum Gasteiger partial charge on any atom is -0.508 e. The predicted molar refractivity (Wildman–Crippen MR) is 99.8 cm³/mol. The fourth-order valence-electron chi connectivity index (χ4n) is 7.30. The van der Waals surface area contributed by atoms with Gasteiger partial charge in [-0.2, -0.15) is 0 Å². The molecule has 5 heteroatoms. The SMILES string of the molecule is C[C@H]1C[C@@H]2[C@H](CC[C@@]3(C)[C@H]2CC[C@]3(O)C(=O)CO)[C@@]2(C)C(=O)C=C(O)C=C12. The summed E-state index contributed by atoms with van der Waals surface area (Å²) >= 11 is 0. The van der Waals surface area contributed by atoms with Gasteiger partial charge in [0.05, 0.1) is 5.41 Å². The second-order valence-electron chi connectivity index (χ2n) is 9.69. The van der Waals surface area contributed by atoms with E-state index in [0.717, 1.165) is 24.8 Å². The predicted octanol–water partition coefficient (Wildman–Crippen LogP) is 2.72. The largest absolute Gasteiger partial charge is 0.508 e. The van der Waals surface area contributed by atoms with E-state index in [1.165, 1.54) is 6.08 Å². The molecule has 4 aliphatic rings. The van der Waals surface area contributed by atoms with Gasteiger partial charge in [-0.25, -0.2) is 0 Å². The maximum atomic E-state index is 13.0. The number of hydrogen-bond acceptors (Lipinski definition) is 5. The van der Waals surface area contributed by atoms with Gasteiger partial charge >= 0.3 is 0 Å². The Labute approximate surface area is 160 Å². The smallest absolute Gasteiger partial charge is 0.190 e. The molecule has 4 aliphatic carbocycles. The highest BCUT2D eigenvalue weighted by Gasteiger charge is 2.67. The van der Waals surface area contributed by atoms with Crippen LogP contribution >= 0.6 is 0 Å². The van der Waals surface area contributed by atoms with Crippen LogP contribution in [0.1, 0.15) is 52.9 Å². The Morgan fingerprint density at radius 2 is 1.85 bits per heavy atom. The summed E-state index contributed by atoms with van der Waals surface area (Å²) in [6.07, 6.45) is 6.59. The van der Waals surface area contributed by atoms with E-state index in [1.54, 1.807) is 6.08 Å². The average Bonchev–Trinajstić information content (AvgIpc) is 2.89. The van der Waals surface area contributed by atoms with E-state index in [1.807, 2.05) is 13.8 Å². The van der Waals surface area contributed by atoms with Crippen LogP contribution in [0.2, 0.25) is 0 Å². The quantitative estimate of drug-likeness (QED) is 0.691. The first-order valence-electron chi connectivity index (χ1n) is 10.1. The average molecular weight is 374 g/mol. The molecule has 3 N–H and O–H groups in total. The van der Waals surface area contributed by atoms with Crippen LogP contribution in [0.3, 0.4) is 0 Å². The normalized spacial score (nSPS) is 48.9. The monoisotopic (exact) mass is 374 g/mol. The number of Topliss-reactive ketones (excluding diaryl/α,β-unsaturated/α-hetero) is 1. The van der Waals surface area contributed by atoms with Gasteiger partial charge in [-0.3, -0.25) is 9.59 Å². The summed E-state index contributed by atoms with van der Waals surface area (Å²) in [5, 5.41) is 30.6. The lowest BCUT2D eigenvalue weighted by atomic mass is 9.45. The molecule has 0 unspecified atom stereocenters. The van der Waals surface area contributed by atoms with Gasteiger partial charge in [-0.1, -0.05) is 13.8 Å². The molecule has 0 spiro atoms. The third kappa shape index (κ3) is 2.18. The second kappa shape index (κ2) is 5.77. The van der Waals surface area contributed by atoms with Gasteiger partial charge in [0.1, 0.15) is 18.0 Å². The molecule has 3 saturated carbocycles. The molecule has 5 nitrogen and oxygen atoms in total. The molecule has 148 valence electrons. The molecule has 0 bridgehead atoms. The molecule has 0 aromatic carbocycles. The molecule has 0 heterocycles. The van der Waals surface area contributed by atoms with Crippen LogP contribution in [-0.4, -0.2) is 39.1 Å². The fourth-order valence-corrected chi connectivity index (χ4v) is 7.30. The molecule has 0 aromatic heterocycles. The first-order valence-corrected chi connectivity index (χ1v) is 10.1. The minimum absolute atomic E-state index is 0.0256. The van der Waals surface area contributed by atoms with Gasteiger partial charge in [0, 0.05) is 11.5 Å². The molecule has 0 saturated heterocycles. The van der Waals surface area contributed by atoms with Crippen molar-refractivity contribution in [3.63, 3.8) is 0 Å². The van der Waals surface area contributed by atoms with Crippen LogP contribution in [-0.2, 0) is 9.59 Å². The number of rotatable bonds is 2. The zero-order valence-electron chi connectivity index (χ0n) is 16.4. The van der Waals surface area contributed by atoms with Gasteiger partial charge in [-0.15, -0.1) is 0 Å². The van der Waals surface area contributed by atoms with Gasteiger partial charge < -0.3 is 15.3 Å². The summed E-state index contributed by atoms with van der Waals surface area (Å²) in [5.74, 6) is 0.277. The van der Waals surface area contributed by atoms with Gasteiger partial charge in [0.25, 0.3) is 0 Å². The third-order valence-corrected chi connectivity index (χ3v) is 8.79.